The number of hydrogen-bond donors (Lipinski definition) is 0. The Morgan fingerprint density at radius 1 is 1.35 bits per heavy atom. The van der Waals surface area contributed by atoms with Gasteiger partial charge in [-0.3, -0.25) is 4.79 Å². The van der Waals surface area contributed by atoms with Crippen molar-refractivity contribution in [3.63, 3.8) is 0 Å². The quantitative estimate of drug-likeness (QED) is 0.755. The topological polar surface area (TPSA) is 49.3 Å². The van der Waals surface area contributed by atoms with Gasteiger partial charge in [-0.2, -0.15) is 5.10 Å². The van der Waals surface area contributed by atoms with E-state index in [2.05, 4.69) is 15.1 Å². The number of aromatic nitrogens is 2. The Hall–Kier alpha value is -1.36. The number of nitrogens with zero attached hydrogens (tertiary/aromatic N) is 4. The van der Waals surface area contributed by atoms with E-state index in [0.29, 0.717) is 5.15 Å². The Bertz CT molecular complexity index is 412. The van der Waals surface area contributed by atoms with Crippen LogP contribution in [0.4, 0.5) is 5.69 Å². The molecule has 0 aliphatic carbocycles. The minimum absolute atomic E-state index is 0.137. The molecule has 2 rings (SSSR count). The van der Waals surface area contributed by atoms with Crippen LogP contribution in [-0.4, -0.2) is 47.2 Å². The highest BCUT2D eigenvalue weighted by atomic mass is 35.5. The molecule has 1 fully saturated rings. The van der Waals surface area contributed by atoms with E-state index in [4.69, 9.17) is 11.6 Å². The zero-order valence-electron chi connectivity index (χ0n) is 9.77. The van der Waals surface area contributed by atoms with E-state index in [-0.39, 0.29) is 5.91 Å². The van der Waals surface area contributed by atoms with Crippen molar-refractivity contribution in [3.8, 4) is 0 Å². The molecule has 5 nitrogen and oxygen atoms in total. The van der Waals surface area contributed by atoms with Gasteiger partial charge in [-0.05, 0) is 6.42 Å². The maximum Gasteiger partial charge on any atom is 0.219 e. The van der Waals surface area contributed by atoms with E-state index in [9.17, 15) is 4.79 Å². The molecule has 1 aromatic heterocycles. The van der Waals surface area contributed by atoms with Crippen molar-refractivity contribution in [2.75, 3.05) is 31.1 Å². The number of amides is 1. The molecule has 0 atom stereocenters. The standard InChI is InChI=1S/C11H15ClN4O/c1-9(17)15-3-2-4-16(6-5-15)10-7-11(12)14-13-8-10/h7-8H,2-6H2,1H3. The van der Waals surface area contributed by atoms with Gasteiger partial charge in [0.25, 0.3) is 0 Å². The maximum absolute atomic E-state index is 11.3. The number of halogens is 1. The Kier molecular flexibility index (Phi) is 3.78. The molecule has 1 aromatic rings. The summed E-state index contributed by atoms with van der Waals surface area (Å²) >= 11 is 5.82. The van der Waals surface area contributed by atoms with Crippen LogP contribution in [0.15, 0.2) is 12.3 Å². The van der Waals surface area contributed by atoms with Gasteiger partial charge in [0, 0.05) is 39.2 Å². The molecule has 1 amide bonds. The summed E-state index contributed by atoms with van der Waals surface area (Å²) in [6.45, 7) is 4.89. The highest BCUT2D eigenvalue weighted by molar-refractivity contribution is 6.29. The third kappa shape index (κ3) is 3.06. The largest absolute Gasteiger partial charge is 0.368 e. The molecule has 17 heavy (non-hydrogen) atoms. The first-order valence-corrected chi connectivity index (χ1v) is 6.03. The second kappa shape index (κ2) is 5.31. The summed E-state index contributed by atoms with van der Waals surface area (Å²) < 4.78 is 0. The molecule has 0 unspecified atom stereocenters. The van der Waals surface area contributed by atoms with Crippen molar-refractivity contribution < 1.29 is 4.79 Å². The van der Waals surface area contributed by atoms with Crippen LogP contribution < -0.4 is 4.90 Å². The molecule has 2 heterocycles. The second-order valence-electron chi connectivity index (χ2n) is 4.08. The van der Waals surface area contributed by atoms with Gasteiger partial charge in [0.2, 0.25) is 5.91 Å². The summed E-state index contributed by atoms with van der Waals surface area (Å²) in [5.41, 5.74) is 0.968. The van der Waals surface area contributed by atoms with E-state index in [1.165, 1.54) is 0 Å². The molecular weight excluding hydrogens is 240 g/mol. The van der Waals surface area contributed by atoms with Crippen molar-refractivity contribution in [2.24, 2.45) is 0 Å². The Balaban J connectivity index is 2.06. The van der Waals surface area contributed by atoms with Crippen LogP contribution in [0.25, 0.3) is 0 Å². The summed E-state index contributed by atoms with van der Waals surface area (Å²) in [5, 5.41) is 7.96. The fourth-order valence-electron chi connectivity index (χ4n) is 1.99. The van der Waals surface area contributed by atoms with Crippen LogP contribution in [-0.2, 0) is 4.79 Å². The molecule has 1 aliphatic rings. The Morgan fingerprint density at radius 3 is 2.88 bits per heavy atom. The zero-order chi connectivity index (χ0) is 12.3. The van der Waals surface area contributed by atoms with Crippen LogP contribution >= 0.6 is 11.6 Å². The van der Waals surface area contributed by atoms with Gasteiger partial charge >= 0.3 is 0 Å². The minimum Gasteiger partial charge on any atom is -0.368 e. The van der Waals surface area contributed by atoms with Gasteiger partial charge < -0.3 is 9.80 Å². The number of carbonyl (C=O) groups is 1. The van der Waals surface area contributed by atoms with Crippen molar-refractivity contribution >= 4 is 23.2 Å². The normalized spacial score (nSPS) is 16.8. The van der Waals surface area contributed by atoms with E-state index >= 15 is 0 Å². The monoisotopic (exact) mass is 254 g/mol. The molecule has 0 aromatic carbocycles. The minimum atomic E-state index is 0.137. The molecule has 0 saturated carbocycles. The van der Waals surface area contributed by atoms with Gasteiger partial charge in [0.1, 0.15) is 0 Å². The number of carbonyl (C=O) groups excluding carboxylic acids is 1. The van der Waals surface area contributed by atoms with Gasteiger partial charge in [-0.25, -0.2) is 0 Å². The fourth-order valence-corrected chi connectivity index (χ4v) is 2.15. The molecule has 0 bridgehead atoms. The van der Waals surface area contributed by atoms with Crippen LogP contribution in [0.1, 0.15) is 13.3 Å². The fraction of sp³-hybridized carbons (Fsp3) is 0.545. The number of anilines is 1. The van der Waals surface area contributed by atoms with Gasteiger partial charge in [0.15, 0.2) is 5.15 Å². The molecular formula is C11H15ClN4O. The zero-order valence-corrected chi connectivity index (χ0v) is 10.5. The van der Waals surface area contributed by atoms with Crippen LogP contribution in [0.5, 0.6) is 0 Å². The van der Waals surface area contributed by atoms with E-state index in [1.54, 1.807) is 19.2 Å². The molecule has 6 heteroatoms. The van der Waals surface area contributed by atoms with Crippen molar-refractivity contribution in [2.45, 2.75) is 13.3 Å². The third-order valence-corrected chi connectivity index (χ3v) is 3.10. The van der Waals surface area contributed by atoms with Crippen molar-refractivity contribution in [1.29, 1.82) is 0 Å². The average Bonchev–Trinajstić information content (AvgIpc) is 2.54. The number of rotatable bonds is 1. The first-order chi connectivity index (χ1) is 8.16. The summed E-state index contributed by atoms with van der Waals surface area (Å²) in [5.74, 6) is 0.137. The summed E-state index contributed by atoms with van der Waals surface area (Å²) in [7, 11) is 0. The summed E-state index contributed by atoms with van der Waals surface area (Å²) in [4.78, 5) is 15.4. The molecule has 0 radical (unpaired) electrons. The highest BCUT2D eigenvalue weighted by Gasteiger charge is 2.17. The van der Waals surface area contributed by atoms with Crippen molar-refractivity contribution in [3.05, 3.63) is 17.4 Å². The lowest BCUT2D eigenvalue weighted by Crippen LogP contribution is -2.33. The molecule has 0 spiro atoms. The second-order valence-corrected chi connectivity index (χ2v) is 4.47. The molecule has 0 N–H and O–H groups in total. The van der Waals surface area contributed by atoms with Gasteiger partial charge in [-0.15, -0.1) is 5.10 Å². The Morgan fingerprint density at radius 2 is 2.18 bits per heavy atom. The van der Waals surface area contributed by atoms with Crippen LogP contribution in [0.3, 0.4) is 0 Å². The van der Waals surface area contributed by atoms with Crippen molar-refractivity contribution in [1.82, 2.24) is 15.1 Å². The highest BCUT2D eigenvalue weighted by Crippen LogP contribution is 2.17. The first-order valence-electron chi connectivity index (χ1n) is 5.65. The predicted octanol–water partition coefficient (Wildman–Crippen LogP) is 1.19. The molecule has 92 valence electrons. The van der Waals surface area contributed by atoms with E-state index in [1.807, 2.05) is 4.90 Å². The Labute approximate surface area is 105 Å². The van der Waals surface area contributed by atoms with E-state index in [0.717, 1.165) is 38.3 Å². The first kappa shape index (κ1) is 12.1. The third-order valence-electron chi connectivity index (χ3n) is 2.92. The lowest BCUT2D eigenvalue weighted by molar-refractivity contribution is -0.128. The van der Waals surface area contributed by atoms with E-state index < -0.39 is 0 Å². The molecule has 1 aliphatic heterocycles. The lowest BCUT2D eigenvalue weighted by Gasteiger charge is -2.22. The molecule has 1 saturated heterocycles. The number of hydrogen-bond acceptors (Lipinski definition) is 4. The SMILES string of the molecule is CC(=O)N1CCCN(c2cnnc(Cl)c2)CC1. The summed E-state index contributed by atoms with van der Waals surface area (Å²) in [6, 6.07) is 1.80. The summed E-state index contributed by atoms with van der Waals surface area (Å²) in [6.07, 6.45) is 2.66. The average molecular weight is 255 g/mol. The van der Waals surface area contributed by atoms with Gasteiger partial charge in [-0.1, -0.05) is 11.6 Å². The van der Waals surface area contributed by atoms with Gasteiger partial charge in [0.05, 0.1) is 11.9 Å². The van der Waals surface area contributed by atoms with Crippen LogP contribution in [0, 0.1) is 0 Å². The predicted molar refractivity (Wildman–Crippen MR) is 66.1 cm³/mol. The maximum atomic E-state index is 11.3. The smallest absolute Gasteiger partial charge is 0.219 e. The lowest BCUT2D eigenvalue weighted by atomic mass is 10.3. The van der Waals surface area contributed by atoms with Crippen LogP contribution in [0.2, 0.25) is 5.15 Å².